The molecule has 0 spiro atoms. The maximum absolute atomic E-state index is 14.3. The Labute approximate surface area is 297 Å². The van der Waals surface area contributed by atoms with Gasteiger partial charge in [-0.2, -0.15) is 0 Å². The van der Waals surface area contributed by atoms with Gasteiger partial charge in [0.25, 0.3) is 5.91 Å². The van der Waals surface area contributed by atoms with E-state index in [1.807, 2.05) is 24.3 Å². The number of amides is 5. The Kier molecular flexibility index (Phi) is 10.2. The summed E-state index contributed by atoms with van der Waals surface area (Å²) >= 11 is 0. The average molecular weight is 730 g/mol. The summed E-state index contributed by atoms with van der Waals surface area (Å²) in [6.07, 6.45) is 4.02. The van der Waals surface area contributed by atoms with Crippen LogP contribution in [0, 0.1) is 5.92 Å². The topological polar surface area (TPSA) is 190 Å². The third kappa shape index (κ3) is 7.96. The molecule has 1 aromatic carbocycles. The van der Waals surface area contributed by atoms with Crippen molar-refractivity contribution in [1.82, 2.24) is 25.2 Å². The molecule has 2 aliphatic carbocycles. The van der Waals surface area contributed by atoms with Gasteiger partial charge in [-0.05, 0) is 49.1 Å². The van der Waals surface area contributed by atoms with E-state index in [1.165, 1.54) is 4.90 Å². The quantitative estimate of drug-likeness (QED) is 0.392. The van der Waals surface area contributed by atoms with Gasteiger partial charge < -0.3 is 29.7 Å². The van der Waals surface area contributed by atoms with Gasteiger partial charge in [0.2, 0.25) is 21.8 Å². The monoisotopic (exact) mass is 729 g/mol. The largest absolute Gasteiger partial charge is 0.444 e. The number of alkyl carbamates (subject to hydrolysis) is 1. The second-order valence-electron chi connectivity index (χ2n) is 14.8. The molecule has 51 heavy (non-hydrogen) atoms. The zero-order valence-electron chi connectivity index (χ0n) is 28.7. The lowest BCUT2D eigenvalue weighted by atomic mass is 10.0. The van der Waals surface area contributed by atoms with E-state index in [0.29, 0.717) is 58.2 Å². The Morgan fingerprint density at radius 3 is 2.29 bits per heavy atom. The van der Waals surface area contributed by atoms with Gasteiger partial charge in [0, 0.05) is 25.9 Å². The van der Waals surface area contributed by atoms with Crippen LogP contribution < -0.4 is 15.4 Å². The molecule has 0 unspecified atom stereocenters. The Hall–Kier alpha value is -3.92. The number of sulfonamides is 1. The van der Waals surface area contributed by atoms with Crippen LogP contribution in [0.2, 0.25) is 0 Å². The van der Waals surface area contributed by atoms with Crippen LogP contribution >= 0.6 is 0 Å². The Balaban J connectivity index is 1.11. The number of hydrogen-bond acceptors (Lipinski definition) is 10. The molecule has 15 nitrogen and oxygen atoms in total. The number of nitrogens with one attached hydrogen (secondary N) is 3. The fraction of sp³-hybridized carbons (Fsp3) is 0.686. The van der Waals surface area contributed by atoms with E-state index in [2.05, 4.69) is 15.4 Å². The summed E-state index contributed by atoms with van der Waals surface area (Å²) in [5.41, 5.74) is 0.591. The van der Waals surface area contributed by atoms with E-state index >= 15 is 0 Å². The second kappa shape index (κ2) is 14.6. The summed E-state index contributed by atoms with van der Waals surface area (Å²) in [4.78, 5) is 71.4. The number of nitrogens with zero attached hydrogens (tertiary/aromatic N) is 2. The molecule has 1 aromatic rings. The minimum absolute atomic E-state index is 0.0383. The van der Waals surface area contributed by atoms with Gasteiger partial charge in [-0.3, -0.25) is 24.0 Å². The summed E-state index contributed by atoms with van der Waals surface area (Å²) in [5, 5.41) is 4.98. The van der Waals surface area contributed by atoms with Crippen molar-refractivity contribution in [3.8, 4) is 0 Å². The number of carbonyl (C=O) groups is 5. The van der Waals surface area contributed by atoms with E-state index in [9.17, 15) is 32.4 Å². The molecule has 0 bridgehead atoms. The van der Waals surface area contributed by atoms with Gasteiger partial charge in [-0.15, -0.1) is 0 Å². The first-order valence-electron chi connectivity index (χ1n) is 18.3. The van der Waals surface area contributed by atoms with Crippen molar-refractivity contribution in [2.75, 3.05) is 19.8 Å². The number of hydrogen-bond donors (Lipinski definition) is 3. The van der Waals surface area contributed by atoms with Crippen LogP contribution in [0.5, 0.6) is 0 Å². The average Bonchev–Trinajstić information content (AvgIpc) is 3.88. The van der Waals surface area contributed by atoms with Crippen LogP contribution in [-0.2, 0) is 51.7 Å². The van der Waals surface area contributed by atoms with E-state index in [1.54, 1.807) is 4.90 Å². The fourth-order valence-electron chi connectivity index (χ4n) is 7.87. The summed E-state index contributed by atoms with van der Waals surface area (Å²) in [7, 11) is -3.87. The first kappa shape index (κ1) is 35.5. The van der Waals surface area contributed by atoms with E-state index < -0.39 is 75.0 Å². The molecule has 5 amide bonds. The predicted octanol–water partition coefficient (Wildman–Crippen LogP) is 2.22. The lowest BCUT2D eigenvalue weighted by Gasteiger charge is -2.30. The molecule has 3 saturated heterocycles. The molecule has 7 rings (SSSR count). The highest BCUT2D eigenvalue weighted by molar-refractivity contribution is 7.91. The first-order chi connectivity index (χ1) is 24.5. The summed E-state index contributed by atoms with van der Waals surface area (Å²) in [6.45, 7) is 1.38. The van der Waals surface area contributed by atoms with Crippen LogP contribution in [0.4, 0.5) is 9.59 Å². The molecule has 0 aromatic heterocycles. The van der Waals surface area contributed by atoms with Gasteiger partial charge in [0.1, 0.15) is 29.8 Å². The van der Waals surface area contributed by atoms with Crippen molar-refractivity contribution in [3.05, 3.63) is 35.4 Å². The molecule has 278 valence electrons. The zero-order chi connectivity index (χ0) is 35.8. The van der Waals surface area contributed by atoms with Gasteiger partial charge in [-0.25, -0.2) is 18.0 Å². The molecular weight excluding hydrogens is 682 g/mol. The second-order valence-corrected chi connectivity index (χ2v) is 16.8. The molecule has 16 heteroatoms. The van der Waals surface area contributed by atoms with Gasteiger partial charge in [0.05, 0.1) is 25.0 Å². The highest BCUT2D eigenvalue weighted by Crippen LogP contribution is 2.48. The molecular formula is C35H47N5O10S. The van der Waals surface area contributed by atoms with Crippen LogP contribution in [-0.4, -0.2) is 103 Å². The fourth-order valence-corrected chi connectivity index (χ4v) is 9.23. The van der Waals surface area contributed by atoms with Crippen LogP contribution in [0.25, 0.3) is 0 Å². The van der Waals surface area contributed by atoms with E-state index in [0.717, 1.165) is 36.8 Å². The van der Waals surface area contributed by atoms with E-state index in [4.69, 9.17) is 14.2 Å². The highest BCUT2D eigenvalue weighted by Gasteiger charge is 2.62. The van der Waals surface area contributed by atoms with Crippen molar-refractivity contribution in [2.45, 2.75) is 125 Å². The van der Waals surface area contributed by atoms with Crippen LogP contribution in [0.15, 0.2) is 24.3 Å². The van der Waals surface area contributed by atoms with Crippen molar-refractivity contribution in [3.63, 3.8) is 0 Å². The maximum Gasteiger partial charge on any atom is 0.410 e. The minimum Gasteiger partial charge on any atom is -0.444 e. The molecule has 6 atom stereocenters. The van der Waals surface area contributed by atoms with Gasteiger partial charge in [-0.1, -0.05) is 56.4 Å². The number of rotatable bonds is 6. The van der Waals surface area contributed by atoms with Crippen molar-refractivity contribution >= 4 is 39.9 Å². The predicted molar refractivity (Wildman–Crippen MR) is 180 cm³/mol. The molecule has 3 N–H and O–H groups in total. The highest BCUT2D eigenvalue weighted by atomic mass is 32.2. The lowest BCUT2D eigenvalue weighted by molar-refractivity contribution is -0.141. The Morgan fingerprint density at radius 1 is 0.902 bits per heavy atom. The molecule has 5 fully saturated rings. The van der Waals surface area contributed by atoms with Crippen molar-refractivity contribution < 1.29 is 46.6 Å². The maximum atomic E-state index is 14.3. The van der Waals surface area contributed by atoms with Crippen LogP contribution in [0.1, 0.15) is 88.2 Å². The first-order valence-corrected chi connectivity index (χ1v) is 19.8. The lowest BCUT2D eigenvalue weighted by Crippen LogP contribution is -2.58. The van der Waals surface area contributed by atoms with Crippen molar-refractivity contribution in [1.29, 1.82) is 0 Å². The standard InChI is InChI=1S/C35H47N5O10S/c41-30-29-16-26(50-34(45)39-18-22-8-6-7-9-23(22)19-39)20-40(29)31(42)28(36-33(44)49-25-14-15-48-21-25)11-5-3-1-2-4-10-24-17-35(24,37-30)32(43)38-51(46,47)27-12-13-27/h6-9,24-29H,1-5,10-21H2,(H,36,44)(H,37,41)(H,38,43)/t24-,25-,26-,28+,29+,35-/m1/s1. The Bertz CT molecular complexity index is 1620. The molecule has 6 aliphatic rings. The molecule has 4 aliphatic heterocycles. The van der Waals surface area contributed by atoms with Crippen LogP contribution in [0.3, 0.4) is 0 Å². The smallest absolute Gasteiger partial charge is 0.410 e. The molecule has 4 heterocycles. The van der Waals surface area contributed by atoms with Gasteiger partial charge >= 0.3 is 12.2 Å². The molecule has 0 radical (unpaired) electrons. The summed E-state index contributed by atoms with van der Waals surface area (Å²) in [5.74, 6) is -2.20. The number of ether oxygens (including phenoxy) is 3. The van der Waals surface area contributed by atoms with Gasteiger partial charge in [0.15, 0.2) is 0 Å². The van der Waals surface area contributed by atoms with Crippen molar-refractivity contribution in [2.24, 2.45) is 5.92 Å². The summed E-state index contributed by atoms with van der Waals surface area (Å²) in [6, 6.07) is 5.54. The number of carbonyl (C=O) groups excluding carboxylic acids is 5. The number of benzene rings is 1. The van der Waals surface area contributed by atoms with E-state index in [-0.39, 0.29) is 31.9 Å². The number of fused-ring (bicyclic) bond motifs is 3. The third-order valence-corrected chi connectivity index (χ3v) is 12.9. The Morgan fingerprint density at radius 2 is 1.61 bits per heavy atom. The zero-order valence-corrected chi connectivity index (χ0v) is 29.5. The summed E-state index contributed by atoms with van der Waals surface area (Å²) < 4.78 is 44.5. The normalized spacial score (nSPS) is 31.3. The SMILES string of the molecule is O=C(N[C@H]1CCCCCCC[C@@H]2C[C@@]2(C(=O)NS(=O)(=O)C2CC2)NC(=O)[C@@H]2C[C@@H](OC(=O)N3Cc4ccccc4C3)CN2C1=O)O[C@@H]1CCOC1. The minimum atomic E-state index is -3.87. The third-order valence-electron chi connectivity index (χ3n) is 11.1. The molecule has 2 saturated carbocycles.